The van der Waals surface area contributed by atoms with E-state index in [1.54, 1.807) is 19.9 Å². The topological polar surface area (TPSA) is 113 Å². The predicted octanol–water partition coefficient (Wildman–Crippen LogP) is 6.59. The molecule has 1 aliphatic heterocycles. The van der Waals surface area contributed by atoms with Gasteiger partial charge in [0.25, 0.3) is 0 Å². The Hall–Kier alpha value is -4.51. The lowest BCUT2D eigenvalue weighted by atomic mass is 9.94. The summed E-state index contributed by atoms with van der Waals surface area (Å²) in [6.07, 6.45) is 7.48. The standard InChI is InChI=1S/C33H36N4O3/c1-4-5-17-37(18-9-10-19-38)28-15-13-26(31(20-28)39-24-25-11-7-6-8-12-25)14-16-30-29(23-36)32(27(21-34)22-35)40-33(30,2)3/h6-8,11-16,20,38H,4-5,9-10,17-19,24H2,1-3H3/b16-14+. The first-order valence-corrected chi connectivity index (χ1v) is 13.6. The highest BCUT2D eigenvalue weighted by molar-refractivity contribution is 5.68. The van der Waals surface area contributed by atoms with Gasteiger partial charge < -0.3 is 19.5 Å². The van der Waals surface area contributed by atoms with E-state index in [1.165, 1.54) is 0 Å². The van der Waals surface area contributed by atoms with Crippen LogP contribution in [0, 0.1) is 34.0 Å². The number of ether oxygens (including phenoxy) is 2. The molecule has 3 rings (SSSR count). The third-order valence-electron chi connectivity index (χ3n) is 6.71. The first kappa shape index (κ1) is 30.0. The number of anilines is 1. The van der Waals surface area contributed by atoms with Crippen molar-refractivity contribution >= 4 is 11.8 Å². The highest BCUT2D eigenvalue weighted by Crippen LogP contribution is 2.41. The fraction of sp³-hybridized carbons (Fsp3) is 0.364. The van der Waals surface area contributed by atoms with Gasteiger partial charge in [-0.3, -0.25) is 0 Å². The monoisotopic (exact) mass is 536 g/mol. The minimum Gasteiger partial charge on any atom is -0.488 e. The molecule has 1 N–H and O–H groups in total. The normalized spacial score (nSPS) is 13.9. The van der Waals surface area contributed by atoms with Crippen LogP contribution in [0.2, 0.25) is 0 Å². The highest BCUT2D eigenvalue weighted by atomic mass is 16.5. The number of nitriles is 3. The lowest BCUT2D eigenvalue weighted by Crippen LogP contribution is -2.25. The zero-order chi connectivity index (χ0) is 29.0. The minimum atomic E-state index is -0.898. The summed E-state index contributed by atoms with van der Waals surface area (Å²) in [4.78, 5) is 2.33. The van der Waals surface area contributed by atoms with Crippen molar-refractivity contribution in [3.8, 4) is 24.0 Å². The number of allylic oxidation sites excluding steroid dienone is 2. The molecule has 2 aromatic carbocycles. The summed E-state index contributed by atoms with van der Waals surface area (Å²) in [5.74, 6) is 0.713. The van der Waals surface area contributed by atoms with Gasteiger partial charge >= 0.3 is 0 Å². The van der Waals surface area contributed by atoms with Crippen LogP contribution in [-0.4, -0.2) is 30.4 Å². The SMILES string of the molecule is CCCCN(CCCCO)c1ccc(/C=C/C2=C(C#N)C(=C(C#N)C#N)OC2(C)C)c(OCc2ccccc2)c1. The first-order valence-electron chi connectivity index (χ1n) is 13.6. The second-order valence-electron chi connectivity index (χ2n) is 10.0. The molecule has 0 bridgehead atoms. The molecule has 0 spiro atoms. The van der Waals surface area contributed by atoms with Crippen molar-refractivity contribution < 1.29 is 14.6 Å². The van der Waals surface area contributed by atoms with E-state index < -0.39 is 5.60 Å². The molecule has 206 valence electrons. The average Bonchev–Trinajstić information content (AvgIpc) is 3.23. The van der Waals surface area contributed by atoms with Crippen molar-refractivity contribution in [2.45, 2.75) is 58.7 Å². The van der Waals surface area contributed by atoms with Gasteiger partial charge in [0.05, 0.1) is 0 Å². The molecular weight excluding hydrogens is 500 g/mol. The van der Waals surface area contributed by atoms with Crippen LogP contribution in [0.1, 0.15) is 57.6 Å². The van der Waals surface area contributed by atoms with E-state index in [0.29, 0.717) is 17.9 Å². The Morgan fingerprint density at radius 1 is 1.00 bits per heavy atom. The fourth-order valence-corrected chi connectivity index (χ4v) is 4.51. The van der Waals surface area contributed by atoms with Gasteiger partial charge in [-0.05, 0) is 50.8 Å². The van der Waals surface area contributed by atoms with Gasteiger partial charge in [0.1, 0.15) is 41.7 Å². The second kappa shape index (κ2) is 14.6. The molecule has 1 aliphatic rings. The van der Waals surface area contributed by atoms with Crippen molar-refractivity contribution in [2.24, 2.45) is 0 Å². The number of aliphatic hydroxyl groups excluding tert-OH is 1. The van der Waals surface area contributed by atoms with Gasteiger partial charge in [0, 0.05) is 42.6 Å². The Morgan fingerprint density at radius 3 is 2.38 bits per heavy atom. The van der Waals surface area contributed by atoms with Crippen molar-refractivity contribution in [2.75, 3.05) is 24.6 Å². The molecule has 0 aliphatic carbocycles. The van der Waals surface area contributed by atoms with E-state index in [4.69, 9.17) is 9.47 Å². The quantitative estimate of drug-likeness (QED) is 0.227. The van der Waals surface area contributed by atoms with E-state index in [9.17, 15) is 20.9 Å². The molecule has 0 atom stereocenters. The van der Waals surface area contributed by atoms with Gasteiger partial charge in [-0.1, -0.05) is 55.8 Å². The summed E-state index contributed by atoms with van der Waals surface area (Å²) in [6.45, 7) is 8.10. The van der Waals surface area contributed by atoms with E-state index in [1.807, 2.05) is 60.7 Å². The van der Waals surface area contributed by atoms with Gasteiger partial charge in [-0.25, -0.2) is 0 Å². The molecule has 0 unspecified atom stereocenters. The molecule has 0 aromatic heterocycles. The van der Waals surface area contributed by atoms with Crippen LogP contribution in [0.25, 0.3) is 6.08 Å². The molecular formula is C33H36N4O3. The van der Waals surface area contributed by atoms with Crippen molar-refractivity contribution in [3.63, 3.8) is 0 Å². The molecule has 0 amide bonds. The molecule has 0 fully saturated rings. The number of hydrogen-bond acceptors (Lipinski definition) is 7. The van der Waals surface area contributed by atoms with E-state index in [-0.39, 0.29) is 23.5 Å². The number of aliphatic hydroxyl groups is 1. The van der Waals surface area contributed by atoms with Gasteiger partial charge in [-0.15, -0.1) is 0 Å². The lowest BCUT2D eigenvalue weighted by molar-refractivity contribution is 0.0954. The van der Waals surface area contributed by atoms with Crippen molar-refractivity contribution in [1.29, 1.82) is 15.8 Å². The number of unbranched alkanes of at least 4 members (excludes halogenated alkanes) is 2. The van der Waals surface area contributed by atoms with Crippen molar-refractivity contribution in [3.05, 3.63) is 88.2 Å². The van der Waals surface area contributed by atoms with Gasteiger partial charge in [0.15, 0.2) is 11.3 Å². The summed E-state index contributed by atoms with van der Waals surface area (Å²) in [6, 6.07) is 21.8. The highest BCUT2D eigenvalue weighted by Gasteiger charge is 2.38. The summed E-state index contributed by atoms with van der Waals surface area (Å²) in [5, 5.41) is 37.9. The second-order valence-corrected chi connectivity index (χ2v) is 10.0. The molecule has 7 heteroatoms. The number of benzene rings is 2. The maximum absolute atomic E-state index is 9.88. The van der Waals surface area contributed by atoms with Crippen LogP contribution < -0.4 is 9.64 Å². The summed E-state index contributed by atoms with van der Waals surface area (Å²) < 4.78 is 12.2. The fourth-order valence-electron chi connectivity index (χ4n) is 4.51. The molecule has 2 aromatic rings. The number of nitrogens with zero attached hydrogens (tertiary/aromatic N) is 4. The van der Waals surface area contributed by atoms with E-state index in [2.05, 4.69) is 24.0 Å². The minimum absolute atomic E-state index is 0.0162. The van der Waals surface area contributed by atoms with Gasteiger partial charge in [-0.2, -0.15) is 15.8 Å². The molecule has 0 saturated heterocycles. The maximum Gasteiger partial charge on any atom is 0.172 e. The number of hydrogen-bond donors (Lipinski definition) is 1. The molecule has 0 radical (unpaired) electrons. The van der Waals surface area contributed by atoms with Gasteiger partial charge in [0.2, 0.25) is 0 Å². The van der Waals surface area contributed by atoms with Crippen LogP contribution in [-0.2, 0) is 11.3 Å². The average molecular weight is 537 g/mol. The first-order chi connectivity index (χ1) is 19.4. The Labute approximate surface area is 237 Å². The summed E-state index contributed by atoms with van der Waals surface area (Å²) in [5.41, 5.74) is 2.55. The Kier molecular flexibility index (Phi) is 11.0. The zero-order valence-electron chi connectivity index (χ0n) is 23.5. The molecule has 1 heterocycles. The Morgan fingerprint density at radius 2 is 1.73 bits per heavy atom. The van der Waals surface area contributed by atoms with Crippen LogP contribution in [0.4, 0.5) is 5.69 Å². The Balaban J connectivity index is 2.03. The lowest BCUT2D eigenvalue weighted by Gasteiger charge is -2.26. The Bertz CT molecular complexity index is 1370. The molecule has 40 heavy (non-hydrogen) atoms. The smallest absolute Gasteiger partial charge is 0.172 e. The summed E-state index contributed by atoms with van der Waals surface area (Å²) >= 11 is 0. The van der Waals surface area contributed by atoms with E-state index >= 15 is 0 Å². The molecule has 0 saturated carbocycles. The van der Waals surface area contributed by atoms with Crippen molar-refractivity contribution in [1.82, 2.24) is 0 Å². The molecule has 7 nitrogen and oxygen atoms in total. The maximum atomic E-state index is 9.88. The van der Waals surface area contributed by atoms with Crippen LogP contribution in [0.3, 0.4) is 0 Å². The largest absolute Gasteiger partial charge is 0.488 e. The predicted molar refractivity (Wildman–Crippen MR) is 156 cm³/mol. The number of rotatable bonds is 13. The van der Waals surface area contributed by atoms with Crippen LogP contribution >= 0.6 is 0 Å². The van der Waals surface area contributed by atoms with Crippen LogP contribution in [0.5, 0.6) is 5.75 Å². The third kappa shape index (κ3) is 7.54. The third-order valence-corrected chi connectivity index (χ3v) is 6.71. The zero-order valence-corrected chi connectivity index (χ0v) is 23.5. The summed E-state index contributed by atoms with van der Waals surface area (Å²) in [7, 11) is 0. The van der Waals surface area contributed by atoms with Crippen LogP contribution in [0.15, 0.2) is 77.1 Å². The van der Waals surface area contributed by atoms with E-state index in [0.717, 1.165) is 55.6 Å².